The number of ether oxygens (including phenoxy) is 1. The van der Waals surface area contributed by atoms with Crippen molar-refractivity contribution in [1.82, 2.24) is 20.2 Å². The van der Waals surface area contributed by atoms with E-state index in [0.717, 1.165) is 16.8 Å². The van der Waals surface area contributed by atoms with Crippen molar-refractivity contribution in [3.63, 3.8) is 0 Å². The number of nitrogens with zero attached hydrogens (tertiary/aromatic N) is 4. The van der Waals surface area contributed by atoms with Gasteiger partial charge in [0.15, 0.2) is 22.5 Å². The molecule has 2 N–H and O–H groups in total. The van der Waals surface area contributed by atoms with E-state index in [1.165, 1.54) is 18.0 Å². The molecule has 4 aromatic rings. The molecule has 9 heteroatoms. The Hall–Kier alpha value is -4.11. The topological polar surface area (TPSA) is 102 Å². The molecule has 8 nitrogen and oxygen atoms in total. The number of carbonyl (C=O) groups excluding carboxylic acids is 1. The fraction of sp³-hybridized carbons (Fsp3) is 0.154. The van der Waals surface area contributed by atoms with E-state index in [9.17, 15) is 9.90 Å². The zero-order chi connectivity index (χ0) is 24.6. The third kappa shape index (κ3) is 5.88. The predicted octanol–water partition coefficient (Wildman–Crippen LogP) is 4.59. The average Bonchev–Trinajstić information content (AvgIpc) is 3.30. The maximum absolute atomic E-state index is 12.4. The van der Waals surface area contributed by atoms with Crippen LogP contribution in [0.15, 0.2) is 83.1 Å². The highest BCUT2D eigenvalue weighted by Crippen LogP contribution is 2.29. The van der Waals surface area contributed by atoms with Crippen LogP contribution in [-0.2, 0) is 4.79 Å². The summed E-state index contributed by atoms with van der Waals surface area (Å²) in [5.74, 6) is 0.803. The molecule has 0 saturated heterocycles. The summed E-state index contributed by atoms with van der Waals surface area (Å²) in [6, 6.07) is 22.9. The summed E-state index contributed by atoms with van der Waals surface area (Å²) in [7, 11) is 0. The molecule has 1 aromatic heterocycles. The maximum atomic E-state index is 12.4. The van der Waals surface area contributed by atoms with Crippen molar-refractivity contribution in [3.05, 3.63) is 83.9 Å². The fourth-order valence-corrected chi connectivity index (χ4v) is 4.06. The first-order chi connectivity index (χ1) is 17.1. The van der Waals surface area contributed by atoms with Crippen LogP contribution in [0.3, 0.4) is 0 Å². The summed E-state index contributed by atoms with van der Waals surface area (Å²) in [6.45, 7) is 4.29. The van der Waals surface area contributed by atoms with Gasteiger partial charge in [0.2, 0.25) is 0 Å². The van der Waals surface area contributed by atoms with E-state index in [1.54, 1.807) is 18.2 Å². The van der Waals surface area contributed by atoms with Crippen LogP contribution in [0.2, 0.25) is 0 Å². The van der Waals surface area contributed by atoms with Gasteiger partial charge < -0.3 is 9.84 Å². The van der Waals surface area contributed by atoms with Gasteiger partial charge in [0, 0.05) is 16.8 Å². The molecule has 1 heterocycles. The second-order valence-corrected chi connectivity index (χ2v) is 8.49. The minimum absolute atomic E-state index is 0.0265. The molecule has 0 aliphatic heterocycles. The first-order valence-electron chi connectivity index (χ1n) is 11.0. The third-order valence-electron chi connectivity index (χ3n) is 5.01. The smallest absolute Gasteiger partial charge is 0.250 e. The lowest BCUT2D eigenvalue weighted by molar-refractivity contribution is -0.118. The number of thioether (sulfide) groups is 1. The van der Waals surface area contributed by atoms with Crippen LogP contribution in [0.5, 0.6) is 11.5 Å². The Morgan fingerprint density at radius 1 is 1.09 bits per heavy atom. The number of hydrogen-bond donors (Lipinski definition) is 2. The molecule has 0 aliphatic rings. The number of benzene rings is 3. The third-order valence-corrected chi connectivity index (χ3v) is 5.94. The molecule has 0 bridgehead atoms. The molecule has 1 amide bonds. The lowest BCUT2D eigenvalue weighted by Gasteiger charge is -2.10. The second kappa shape index (κ2) is 11.3. The molecule has 0 aliphatic carbocycles. The maximum Gasteiger partial charge on any atom is 0.250 e. The number of amides is 1. The van der Waals surface area contributed by atoms with Gasteiger partial charge in [0.25, 0.3) is 5.91 Å². The number of hydrogen-bond acceptors (Lipinski definition) is 7. The van der Waals surface area contributed by atoms with Gasteiger partial charge in [-0.25, -0.2) is 5.43 Å². The largest absolute Gasteiger partial charge is 0.504 e. The first-order valence-corrected chi connectivity index (χ1v) is 12.0. The van der Waals surface area contributed by atoms with Crippen molar-refractivity contribution in [1.29, 1.82) is 0 Å². The molecule has 0 spiro atoms. The molecule has 0 radical (unpaired) electrons. The molecular formula is C26H25N5O3S. The number of aromatic hydroxyl groups is 1. The standard InChI is InChI=1S/C26H25N5O3S/c1-3-34-22-11-7-10-20(24(22)33)16-27-28-23(32)17-35-26-30-29-25(19-8-5-4-6-9-19)31(26)21-14-12-18(2)13-15-21/h4-16,33H,3,17H2,1-2H3,(H,28,32)/b27-16-. The van der Waals surface area contributed by atoms with E-state index in [0.29, 0.717) is 28.9 Å². The lowest BCUT2D eigenvalue weighted by Crippen LogP contribution is -2.20. The summed E-state index contributed by atoms with van der Waals surface area (Å²) in [4.78, 5) is 12.4. The first kappa shape index (κ1) is 24.0. The highest BCUT2D eigenvalue weighted by atomic mass is 32.2. The summed E-state index contributed by atoms with van der Waals surface area (Å²) in [5.41, 5.74) is 5.91. The minimum atomic E-state index is -0.314. The number of para-hydroxylation sites is 1. The monoisotopic (exact) mass is 487 g/mol. The quantitative estimate of drug-likeness (QED) is 0.203. The van der Waals surface area contributed by atoms with Crippen molar-refractivity contribution in [2.45, 2.75) is 19.0 Å². The van der Waals surface area contributed by atoms with Crippen LogP contribution in [-0.4, -0.2) is 44.4 Å². The van der Waals surface area contributed by atoms with Crippen molar-refractivity contribution in [3.8, 4) is 28.6 Å². The van der Waals surface area contributed by atoms with Crippen molar-refractivity contribution in [2.75, 3.05) is 12.4 Å². The lowest BCUT2D eigenvalue weighted by atomic mass is 10.2. The number of rotatable bonds is 9. The Morgan fingerprint density at radius 3 is 2.60 bits per heavy atom. The van der Waals surface area contributed by atoms with E-state index in [2.05, 4.69) is 20.7 Å². The number of phenolic OH excluding ortho intramolecular Hbond substituents is 1. The van der Waals surface area contributed by atoms with Gasteiger partial charge in [-0.05, 0) is 38.1 Å². The van der Waals surface area contributed by atoms with Crippen molar-refractivity contribution >= 4 is 23.9 Å². The summed E-state index contributed by atoms with van der Waals surface area (Å²) in [5, 5.41) is 23.5. The molecule has 4 rings (SSSR count). The van der Waals surface area contributed by atoms with E-state index < -0.39 is 0 Å². The Balaban J connectivity index is 1.47. The zero-order valence-corrected chi connectivity index (χ0v) is 20.2. The van der Waals surface area contributed by atoms with Crippen LogP contribution in [0.1, 0.15) is 18.1 Å². The number of hydrazone groups is 1. The molecule has 3 aromatic carbocycles. The van der Waals surface area contributed by atoms with Crippen LogP contribution in [0.25, 0.3) is 17.1 Å². The van der Waals surface area contributed by atoms with Gasteiger partial charge in [-0.2, -0.15) is 5.10 Å². The number of phenols is 1. The number of aryl methyl sites for hydroxylation is 1. The number of nitrogens with one attached hydrogen (secondary N) is 1. The molecule has 35 heavy (non-hydrogen) atoms. The van der Waals surface area contributed by atoms with Crippen molar-refractivity contribution in [2.24, 2.45) is 5.10 Å². The highest BCUT2D eigenvalue weighted by Gasteiger charge is 2.17. The summed E-state index contributed by atoms with van der Waals surface area (Å²) < 4.78 is 7.30. The van der Waals surface area contributed by atoms with Gasteiger partial charge in [-0.15, -0.1) is 10.2 Å². The molecule has 178 valence electrons. The molecular weight excluding hydrogens is 462 g/mol. The summed E-state index contributed by atoms with van der Waals surface area (Å²) in [6.07, 6.45) is 1.38. The van der Waals surface area contributed by atoms with E-state index in [1.807, 2.05) is 73.0 Å². The highest BCUT2D eigenvalue weighted by molar-refractivity contribution is 7.99. The number of carbonyl (C=O) groups is 1. The normalized spacial score (nSPS) is 11.0. The molecule has 0 saturated carbocycles. The Bertz CT molecular complexity index is 1320. The molecule has 0 fully saturated rings. The van der Waals surface area contributed by atoms with E-state index in [-0.39, 0.29) is 17.4 Å². The SMILES string of the molecule is CCOc1cccc(/C=N\NC(=O)CSc2nnc(-c3ccccc3)n2-c2ccc(C)cc2)c1O. The van der Waals surface area contributed by atoms with E-state index in [4.69, 9.17) is 4.74 Å². The Morgan fingerprint density at radius 2 is 1.86 bits per heavy atom. The van der Waals surface area contributed by atoms with Gasteiger partial charge in [0.1, 0.15) is 0 Å². The molecule has 0 atom stereocenters. The van der Waals surface area contributed by atoms with Gasteiger partial charge in [-0.3, -0.25) is 9.36 Å². The average molecular weight is 488 g/mol. The molecule has 0 unspecified atom stereocenters. The zero-order valence-electron chi connectivity index (χ0n) is 19.4. The predicted molar refractivity (Wildman–Crippen MR) is 137 cm³/mol. The Kier molecular flexibility index (Phi) is 7.79. The second-order valence-electron chi connectivity index (χ2n) is 7.55. The van der Waals surface area contributed by atoms with Gasteiger partial charge >= 0.3 is 0 Å². The van der Waals surface area contributed by atoms with Gasteiger partial charge in [0.05, 0.1) is 18.6 Å². The van der Waals surface area contributed by atoms with Crippen LogP contribution < -0.4 is 10.2 Å². The minimum Gasteiger partial charge on any atom is -0.504 e. The van der Waals surface area contributed by atoms with Crippen LogP contribution >= 0.6 is 11.8 Å². The number of aromatic nitrogens is 3. The van der Waals surface area contributed by atoms with E-state index >= 15 is 0 Å². The summed E-state index contributed by atoms with van der Waals surface area (Å²) >= 11 is 1.26. The van der Waals surface area contributed by atoms with Crippen LogP contribution in [0, 0.1) is 6.92 Å². The van der Waals surface area contributed by atoms with Crippen LogP contribution in [0.4, 0.5) is 0 Å². The van der Waals surface area contributed by atoms with Gasteiger partial charge in [-0.1, -0.05) is 65.9 Å². The Labute approximate surface area is 207 Å². The van der Waals surface area contributed by atoms with Crippen molar-refractivity contribution < 1.29 is 14.6 Å². The fourth-order valence-electron chi connectivity index (χ4n) is 3.32.